The first kappa shape index (κ1) is 21.4. The van der Waals surface area contributed by atoms with Gasteiger partial charge in [0, 0.05) is 58.4 Å². The molecule has 0 spiro atoms. The number of guanidine groups is 1. The van der Waals surface area contributed by atoms with E-state index in [1.54, 1.807) is 13.2 Å². The number of aromatic nitrogens is 1. The van der Waals surface area contributed by atoms with Crippen molar-refractivity contribution in [3.05, 3.63) is 58.7 Å². The van der Waals surface area contributed by atoms with Gasteiger partial charge in [-0.15, -0.1) is 0 Å². The molecule has 2 N–H and O–H groups in total. The predicted molar refractivity (Wildman–Crippen MR) is 124 cm³/mol. The monoisotopic (exact) mass is 440 g/mol. The van der Waals surface area contributed by atoms with Gasteiger partial charge in [0.25, 0.3) is 0 Å². The van der Waals surface area contributed by atoms with Crippen LogP contribution in [0.1, 0.15) is 30.4 Å². The first-order valence-corrected chi connectivity index (χ1v) is 11.2. The maximum Gasteiger partial charge on any atom is 0.222 e. The van der Waals surface area contributed by atoms with Crippen molar-refractivity contribution in [1.82, 2.24) is 20.5 Å². The van der Waals surface area contributed by atoms with E-state index in [4.69, 9.17) is 11.6 Å². The molecule has 7 nitrogen and oxygen atoms in total. The highest BCUT2D eigenvalue weighted by Crippen LogP contribution is 2.25. The number of amides is 1. The Hall–Kier alpha value is -2.80. The zero-order valence-corrected chi connectivity index (χ0v) is 18.6. The average molecular weight is 441 g/mol. The molecule has 0 bridgehead atoms. The van der Waals surface area contributed by atoms with Crippen molar-refractivity contribution < 1.29 is 4.79 Å². The molecule has 1 aromatic carbocycles. The summed E-state index contributed by atoms with van der Waals surface area (Å²) < 4.78 is 0. The molecule has 2 aliphatic rings. The van der Waals surface area contributed by atoms with Gasteiger partial charge in [0.2, 0.25) is 5.91 Å². The Morgan fingerprint density at radius 1 is 1.23 bits per heavy atom. The molecule has 8 heteroatoms. The highest BCUT2D eigenvalue weighted by Gasteiger charge is 2.25. The SMILES string of the molecule is CN=C(NCc1ccc(CN2CCCC2=O)cc1)NC1CCN(c2ncccc2Cl)C1. The van der Waals surface area contributed by atoms with Crippen LogP contribution in [0.2, 0.25) is 5.02 Å². The smallest absolute Gasteiger partial charge is 0.222 e. The molecular weight excluding hydrogens is 412 g/mol. The number of carbonyl (C=O) groups excluding carboxylic acids is 1. The van der Waals surface area contributed by atoms with Gasteiger partial charge >= 0.3 is 0 Å². The fourth-order valence-electron chi connectivity index (χ4n) is 4.11. The summed E-state index contributed by atoms with van der Waals surface area (Å²) in [6.07, 6.45) is 4.43. The molecule has 1 unspecified atom stereocenters. The zero-order chi connectivity index (χ0) is 21.6. The maximum atomic E-state index is 11.8. The highest BCUT2D eigenvalue weighted by atomic mass is 35.5. The Balaban J connectivity index is 1.25. The lowest BCUT2D eigenvalue weighted by Crippen LogP contribution is -2.44. The second-order valence-corrected chi connectivity index (χ2v) is 8.45. The van der Waals surface area contributed by atoms with Gasteiger partial charge in [-0.3, -0.25) is 9.79 Å². The van der Waals surface area contributed by atoms with E-state index < -0.39 is 0 Å². The number of anilines is 1. The van der Waals surface area contributed by atoms with Gasteiger partial charge in [0.15, 0.2) is 5.96 Å². The van der Waals surface area contributed by atoms with Gasteiger partial charge in [-0.2, -0.15) is 0 Å². The number of carbonyl (C=O) groups is 1. The molecule has 2 fully saturated rings. The Bertz CT molecular complexity index is 932. The largest absolute Gasteiger partial charge is 0.353 e. The number of nitrogens with one attached hydrogen (secondary N) is 2. The van der Waals surface area contributed by atoms with Crippen LogP contribution in [0.15, 0.2) is 47.6 Å². The topological polar surface area (TPSA) is 72.9 Å². The summed E-state index contributed by atoms with van der Waals surface area (Å²) in [5, 5.41) is 7.58. The van der Waals surface area contributed by atoms with Gasteiger partial charge in [-0.1, -0.05) is 35.9 Å². The molecule has 1 atom stereocenters. The van der Waals surface area contributed by atoms with Gasteiger partial charge < -0.3 is 20.4 Å². The maximum absolute atomic E-state index is 11.8. The van der Waals surface area contributed by atoms with Gasteiger partial charge in [0.05, 0.1) is 5.02 Å². The van der Waals surface area contributed by atoms with Crippen LogP contribution >= 0.6 is 11.6 Å². The first-order chi connectivity index (χ1) is 15.1. The summed E-state index contributed by atoms with van der Waals surface area (Å²) in [6, 6.07) is 12.4. The van der Waals surface area contributed by atoms with E-state index in [-0.39, 0.29) is 11.9 Å². The lowest BCUT2D eigenvalue weighted by Gasteiger charge is -2.20. The normalized spacial score (nSPS) is 19.2. The standard InChI is InChI=1S/C23H29ClN6O/c1-25-23(28-19-10-13-30(16-19)22-20(24)4-2-11-26-22)27-14-17-6-8-18(9-7-17)15-29-12-3-5-21(29)31/h2,4,6-9,11,19H,3,5,10,12-16H2,1H3,(H2,25,27,28). The zero-order valence-electron chi connectivity index (χ0n) is 17.9. The minimum atomic E-state index is 0.261. The molecule has 3 heterocycles. The number of nitrogens with zero attached hydrogens (tertiary/aromatic N) is 4. The summed E-state index contributed by atoms with van der Waals surface area (Å²) in [5.41, 5.74) is 2.34. The first-order valence-electron chi connectivity index (χ1n) is 10.8. The second-order valence-electron chi connectivity index (χ2n) is 8.05. The van der Waals surface area contributed by atoms with Crippen LogP contribution in [0.3, 0.4) is 0 Å². The van der Waals surface area contributed by atoms with Crippen molar-refractivity contribution in [2.45, 2.75) is 38.4 Å². The number of likely N-dealkylation sites (tertiary alicyclic amines) is 1. The lowest BCUT2D eigenvalue weighted by atomic mass is 10.1. The molecule has 2 saturated heterocycles. The minimum absolute atomic E-state index is 0.261. The van der Waals surface area contributed by atoms with Crippen molar-refractivity contribution in [2.75, 3.05) is 31.6 Å². The van der Waals surface area contributed by atoms with E-state index in [0.29, 0.717) is 24.5 Å². The van der Waals surface area contributed by atoms with Crippen LogP contribution in [0.25, 0.3) is 0 Å². The van der Waals surface area contributed by atoms with Crippen LogP contribution in [0.4, 0.5) is 5.82 Å². The third-order valence-electron chi connectivity index (χ3n) is 5.82. The summed E-state index contributed by atoms with van der Waals surface area (Å²) in [4.78, 5) is 24.7. The summed E-state index contributed by atoms with van der Waals surface area (Å²) in [5.74, 6) is 1.88. The summed E-state index contributed by atoms with van der Waals surface area (Å²) in [6.45, 7) is 4.00. The van der Waals surface area contributed by atoms with Gasteiger partial charge in [0.1, 0.15) is 5.82 Å². The summed E-state index contributed by atoms with van der Waals surface area (Å²) in [7, 11) is 1.79. The number of aliphatic imine (C=N–C) groups is 1. The van der Waals surface area contributed by atoms with Crippen molar-refractivity contribution in [3.63, 3.8) is 0 Å². The van der Waals surface area contributed by atoms with Crippen molar-refractivity contribution in [1.29, 1.82) is 0 Å². The van der Waals surface area contributed by atoms with Gasteiger partial charge in [-0.05, 0) is 36.1 Å². The molecule has 0 radical (unpaired) electrons. The van der Waals surface area contributed by atoms with Crippen LogP contribution < -0.4 is 15.5 Å². The van der Waals surface area contributed by atoms with Crippen molar-refractivity contribution >= 4 is 29.3 Å². The third-order valence-corrected chi connectivity index (χ3v) is 6.11. The minimum Gasteiger partial charge on any atom is -0.353 e. The van der Waals surface area contributed by atoms with E-state index in [2.05, 4.69) is 49.8 Å². The molecule has 164 valence electrons. The molecule has 1 aromatic heterocycles. The number of pyridine rings is 1. The molecule has 4 rings (SSSR count). The number of hydrogen-bond acceptors (Lipinski definition) is 4. The van der Waals surface area contributed by atoms with E-state index >= 15 is 0 Å². The van der Waals surface area contributed by atoms with Crippen LogP contribution in [-0.2, 0) is 17.9 Å². The quantitative estimate of drug-likeness (QED) is 0.533. The second kappa shape index (κ2) is 10.0. The molecule has 2 aromatic rings. The Labute approximate surface area is 188 Å². The Morgan fingerprint density at radius 2 is 2.03 bits per heavy atom. The predicted octanol–water partition coefficient (Wildman–Crippen LogP) is 2.80. The molecule has 1 amide bonds. The van der Waals surface area contributed by atoms with Crippen molar-refractivity contribution in [3.8, 4) is 0 Å². The Kier molecular flexibility index (Phi) is 6.92. The van der Waals surface area contributed by atoms with Crippen molar-refractivity contribution in [2.24, 2.45) is 4.99 Å². The highest BCUT2D eigenvalue weighted by molar-refractivity contribution is 6.32. The fraction of sp³-hybridized carbons (Fsp3) is 0.435. The van der Waals surface area contributed by atoms with E-state index in [0.717, 1.165) is 44.3 Å². The molecular formula is C23H29ClN6O. The third kappa shape index (κ3) is 5.47. The average Bonchev–Trinajstić information content (AvgIpc) is 3.41. The van der Waals surface area contributed by atoms with Crippen LogP contribution in [-0.4, -0.2) is 54.5 Å². The number of hydrogen-bond donors (Lipinski definition) is 2. The number of benzene rings is 1. The summed E-state index contributed by atoms with van der Waals surface area (Å²) >= 11 is 6.29. The Morgan fingerprint density at radius 3 is 2.74 bits per heavy atom. The lowest BCUT2D eigenvalue weighted by molar-refractivity contribution is -0.128. The van der Waals surface area contributed by atoms with Crippen LogP contribution in [0.5, 0.6) is 0 Å². The van der Waals surface area contributed by atoms with E-state index in [1.165, 1.54) is 11.1 Å². The fourth-order valence-corrected chi connectivity index (χ4v) is 4.35. The number of rotatable bonds is 6. The van der Waals surface area contributed by atoms with E-state index in [9.17, 15) is 4.79 Å². The molecule has 0 aliphatic carbocycles. The molecule has 0 saturated carbocycles. The van der Waals surface area contributed by atoms with Crippen LogP contribution in [0, 0.1) is 0 Å². The molecule has 31 heavy (non-hydrogen) atoms. The molecule has 2 aliphatic heterocycles. The van der Waals surface area contributed by atoms with Gasteiger partial charge in [-0.25, -0.2) is 4.98 Å². The van der Waals surface area contributed by atoms with E-state index in [1.807, 2.05) is 17.0 Å². The number of halogens is 1.